The molecule has 1 heteroatoms. The monoisotopic (exact) mass is 867 g/mol. The van der Waals surface area contributed by atoms with Gasteiger partial charge >= 0.3 is 0 Å². The van der Waals surface area contributed by atoms with Crippen molar-refractivity contribution in [1.82, 2.24) is 0 Å². The molecule has 14 rings (SSSR count). The molecular formula is C67H49N. The predicted octanol–water partition coefficient (Wildman–Crippen LogP) is 17.4. The Morgan fingerprint density at radius 3 is 1.31 bits per heavy atom. The largest absolute Gasteiger partial charge is 0.310 e. The molecule has 0 radical (unpaired) electrons. The Morgan fingerprint density at radius 1 is 0.265 bits per heavy atom. The van der Waals surface area contributed by atoms with E-state index in [0.717, 1.165) is 17.1 Å². The Bertz CT molecular complexity index is 3700. The maximum atomic E-state index is 2.51. The maximum Gasteiger partial charge on any atom is 0.0725 e. The third-order valence-corrected chi connectivity index (χ3v) is 16.3. The molecule has 0 saturated heterocycles. The van der Waals surface area contributed by atoms with Gasteiger partial charge in [0, 0.05) is 27.8 Å². The number of benzene rings is 10. The molecule has 0 aliphatic heterocycles. The highest BCUT2D eigenvalue weighted by Gasteiger charge is 2.51. The van der Waals surface area contributed by atoms with E-state index in [0.29, 0.717) is 0 Å². The van der Waals surface area contributed by atoms with Gasteiger partial charge < -0.3 is 4.90 Å². The highest BCUT2D eigenvalue weighted by atomic mass is 15.1. The van der Waals surface area contributed by atoms with E-state index >= 15 is 0 Å². The van der Waals surface area contributed by atoms with Crippen molar-refractivity contribution in [3.05, 3.63) is 269 Å². The van der Waals surface area contributed by atoms with Crippen molar-refractivity contribution in [2.45, 2.75) is 43.9 Å². The standard InChI is InChI=1S/C67H49N/c1-65(2)55-25-11-5-20-48(55)53-40-43(34-38-57(53)65)42-32-35-44(36-33-42)68(63-31-16-10-22-50(63)51-24-17-30-62-64(51)52-23-9-12-26-56(52)66(62,3)4)45-37-39-61-54(41-45)49-21-8-15-29-60(49)67(61)58-27-13-6-18-46(58)47-19-7-14-28-59(47)67/h5-41H,1-4H3. The molecule has 0 saturated carbocycles. The maximum absolute atomic E-state index is 2.51. The molecule has 0 unspecified atom stereocenters. The van der Waals surface area contributed by atoms with E-state index in [-0.39, 0.29) is 10.8 Å². The van der Waals surface area contributed by atoms with Crippen LogP contribution in [0.2, 0.25) is 0 Å². The minimum Gasteiger partial charge on any atom is -0.310 e. The second kappa shape index (κ2) is 14.0. The van der Waals surface area contributed by atoms with Gasteiger partial charge in [0.2, 0.25) is 0 Å². The zero-order valence-electron chi connectivity index (χ0n) is 38.8. The van der Waals surface area contributed by atoms with Crippen LogP contribution in [0.15, 0.2) is 224 Å². The SMILES string of the molecule is CC1(C)c2ccccc2-c2cc(-c3ccc(N(c4ccc5c(c4)-c4ccccc4C54c5ccccc5-c5ccccc54)c4ccccc4-c4cccc5c4-c4ccccc4C5(C)C)cc3)ccc21. The fourth-order valence-corrected chi connectivity index (χ4v) is 13.2. The van der Waals surface area contributed by atoms with Crippen LogP contribution < -0.4 is 4.90 Å². The van der Waals surface area contributed by atoms with Gasteiger partial charge in [0.05, 0.1) is 11.1 Å². The molecule has 10 aromatic carbocycles. The van der Waals surface area contributed by atoms with Crippen molar-refractivity contribution in [2.75, 3.05) is 4.90 Å². The summed E-state index contributed by atoms with van der Waals surface area (Å²) >= 11 is 0. The Balaban J connectivity index is 0.974. The third kappa shape index (κ3) is 5.11. The Kier molecular flexibility index (Phi) is 8.08. The lowest BCUT2D eigenvalue weighted by Gasteiger charge is -2.32. The van der Waals surface area contributed by atoms with Gasteiger partial charge in [-0.25, -0.2) is 0 Å². The van der Waals surface area contributed by atoms with Crippen LogP contribution in [0.3, 0.4) is 0 Å². The molecule has 0 aromatic heterocycles. The van der Waals surface area contributed by atoms with Crippen LogP contribution in [0.1, 0.15) is 72.2 Å². The Morgan fingerprint density at radius 2 is 0.662 bits per heavy atom. The predicted molar refractivity (Wildman–Crippen MR) is 283 cm³/mol. The first-order chi connectivity index (χ1) is 33.3. The van der Waals surface area contributed by atoms with E-state index in [4.69, 9.17) is 0 Å². The topological polar surface area (TPSA) is 3.24 Å². The highest BCUT2D eigenvalue weighted by Crippen LogP contribution is 2.63. The zero-order valence-corrected chi connectivity index (χ0v) is 38.8. The van der Waals surface area contributed by atoms with Crippen LogP contribution >= 0.6 is 0 Å². The second-order valence-electron chi connectivity index (χ2n) is 20.3. The van der Waals surface area contributed by atoms with Gasteiger partial charge in [-0.15, -0.1) is 0 Å². The third-order valence-electron chi connectivity index (χ3n) is 16.3. The van der Waals surface area contributed by atoms with Crippen molar-refractivity contribution in [3.8, 4) is 66.8 Å². The van der Waals surface area contributed by atoms with E-state index in [9.17, 15) is 0 Å². The summed E-state index contributed by atoms with van der Waals surface area (Å²) < 4.78 is 0. The van der Waals surface area contributed by atoms with Crippen molar-refractivity contribution in [1.29, 1.82) is 0 Å². The summed E-state index contributed by atoms with van der Waals surface area (Å²) in [5.74, 6) is 0. The minimum atomic E-state index is -0.404. The van der Waals surface area contributed by atoms with Gasteiger partial charge in [0.25, 0.3) is 0 Å². The summed E-state index contributed by atoms with van der Waals surface area (Å²) in [5, 5.41) is 0. The number of hydrogen-bond acceptors (Lipinski definition) is 1. The molecule has 0 amide bonds. The minimum absolute atomic E-state index is 0.0283. The molecule has 0 heterocycles. The smallest absolute Gasteiger partial charge is 0.0725 e. The lowest BCUT2D eigenvalue weighted by atomic mass is 9.70. The van der Waals surface area contributed by atoms with Crippen LogP contribution in [-0.4, -0.2) is 0 Å². The van der Waals surface area contributed by atoms with Gasteiger partial charge in [0.1, 0.15) is 0 Å². The summed E-state index contributed by atoms with van der Waals surface area (Å²) in [6.07, 6.45) is 0. The van der Waals surface area contributed by atoms with Gasteiger partial charge in [-0.05, 0) is 142 Å². The van der Waals surface area contributed by atoms with Gasteiger partial charge in [-0.1, -0.05) is 216 Å². The van der Waals surface area contributed by atoms with Crippen LogP contribution in [0.25, 0.3) is 66.8 Å². The van der Waals surface area contributed by atoms with Crippen molar-refractivity contribution < 1.29 is 0 Å². The van der Waals surface area contributed by atoms with E-state index in [1.165, 1.54) is 111 Å². The number of anilines is 3. The van der Waals surface area contributed by atoms with Gasteiger partial charge in [-0.3, -0.25) is 0 Å². The molecule has 0 N–H and O–H groups in total. The molecule has 68 heavy (non-hydrogen) atoms. The van der Waals surface area contributed by atoms with Crippen LogP contribution in [0, 0.1) is 0 Å². The first-order valence-corrected chi connectivity index (χ1v) is 24.2. The molecule has 4 aliphatic carbocycles. The first kappa shape index (κ1) is 39.2. The first-order valence-electron chi connectivity index (χ1n) is 24.2. The Labute approximate surface area is 399 Å². The number of nitrogens with zero attached hydrogens (tertiary/aromatic N) is 1. The van der Waals surface area contributed by atoms with E-state index < -0.39 is 5.41 Å². The highest BCUT2D eigenvalue weighted by molar-refractivity contribution is 6.00. The fraction of sp³-hybridized carbons (Fsp3) is 0.104. The van der Waals surface area contributed by atoms with Crippen LogP contribution in [-0.2, 0) is 16.2 Å². The fourth-order valence-electron chi connectivity index (χ4n) is 13.2. The van der Waals surface area contributed by atoms with Crippen LogP contribution in [0.4, 0.5) is 17.1 Å². The zero-order chi connectivity index (χ0) is 45.5. The summed E-state index contributed by atoms with van der Waals surface area (Å²) in [6.45, 7) is 9.45. The molecule has 0 fully saturated rings. The number of rotatable bonds is 5. The second-order valence-corrected chi connectivity index (χ2v) is 20.3. The van der Waals surface area contributed by atoms with Crippen LogP contribution in [0.5, 0.6) is 0 Å². The number of fused-ring (bicyclic) bond motifs is 16. The molecule has 0 bridgehead atoms. The molecule has 10 aromatic rings. The summed E-state index contributed by atoms with van der Waals surface area (Å²) in [5.41, 5.74) is 29.2. The Hall–Kier alpha value is -8.00. The summed E-state index contributed by atoms with van der Waals surface area (Å²) in [7, 11) is 0. The molecule has 1 nitrogen and oxygen atoms in total. The number of para-hydroxylation sites is 1. The van der Waals surface area contributed by atoms with E-state index in [1.807, 2.05) is 0 Å². The van der Waals surface area contributed by atoms with Crippen molar-refractivity contribution in [2.24, 2.45) is 0 Å². The summed E-state index contributed by atoms with van der Waals surface area (Å²) in [6, 6.07) is 84.9. The molecule has 1 spiro atoms. The quantitative estimate of drug-likeness (QED) is 0.167. The average molecular weight is 868 g/mol. The van der Waals surface area contributed by atoms with Gasteiger partial charge in [-0.2, -0.15) is 0 Å². The lowest BCUT2D eigenvalue weighted by Crippen LogP contribution is -2.25. The molecule has 4 aliphatic rings. The lowest BCUT2D eigenvalue weighted by molar-refractivity contribution is 0.660. The molecule has 322 valence electrons. The van der Waals surface area contributed by atoms with Crippen molar-refractivity contribution in [3.63, 3.8) is 0 Å². The average Bonchev–Trinajstić information content (AvgIpc) is 4.02. The molecule has 0 atom stereocenters. The van der Waals surface area contributed by atoms with Crippen molar-refractivity contribution >= 4 is 17.1 Å². The normalized spacial score (nSPS) is 15.1. The van der Waals surface area contributed by atoms with E-state index in [1.54, 1.807) is 0 Å². The molecular weight excluding hydrogens is 819 g/mol. The van der Waals surface area contributed by atoms with Gasteiger partial charge in [0.15, 0.2) is 0 Å². The number of hydrogen-bond donors (Lipinski definition) is 0. The summed E-state index contributed by atoms with van der Waals surface area (Å²) in [4.78, 5) is 2.51. The van der Waals surface area contributed by atoms with E-state index in [2.05, 4.69) is 257 Å².